The Morgan fingerprint density at radius 1 is 0.286 bits per heavy atom. The lowest BCUT2D eigenvalue weighted by atomic mass is 9.89. The summed E-state index contributed by atoms with van der Waals surface area (Å²) in [6, 6.07) is 82.5. The molecule has 4 heterocycles. The zero-order valence-electron chi connectivity index (χ0n) is 37.7. The van der Waals surface area contributed by atoms with Crippen molar-refractivity contribution in [2.45, 2.75) is 0 Å². The first kappa shape index (κ1) is 39.7. The van der Waals surface area contributed by atoms with Crippen LogP contribution in [0.25, 0.3) is 144 Å². The van der Waals surface area contributed by atoms with Crippen LogP contribution in [0.3, 0.4) is 0 Å². The van der Waals surface area contributed by atoms with E-state index in [0.29, 0.717) is 5.82 Å². The second-order valence-electron chi connectivity index (χ2n) is 17.8. The number of furan rings is 2. The summed E-state index contributed by atoms with van der Waals surface area (Å²) in [7, 11) is 0. The Hall–Kier alpha value is -9.45. The number of nitrogens with zero attached hydrogens (tertiary/aromatic N) is 3. The lowest BCUT2D eigenvalue weighted by Crippen LogP contribution is -1.96. The van der Waals surface area contributed by atoms with Crippen molar-refractivity contribution in [2.24, 2.45) is 0 Å². The first-order valence-electron chi connectivity index (χ1n) is 23.6. The van der Waals surface area contributed by atoms with E-state index in [1.165, 1.54) is 0 Å². The Morgan fingerprint density at radius 2 is 0.843 bits per heavy atom. The summed E-state index contributed by atoms with van der Waals surface area (Å²) in [5.41, 5.74) is 17.5. The highest BCUT2D eigenvalue weighted by Crippen LogP contribution is 2.46. The smallest absolute Gasteiger partial charge is 0.160 e. The summed E-state index contributed by atoms with van der Waals surface area (Å²) in [5, 5.41) is 7.75. The fourth-order valence-corrected chi connectivity index (χ4v) is 10.4. The van der Waals surface area contributed by atoms with Crippen molar-refractivity contribution in [3.8, 4) is 78.5 Å². The van der Waals surface area contributed by atoms with E-state index in [9.17, 15) is 0 Å². The van der Waals surface area contributed by atoms with E-state index in [2.05, 4.69) is 200 Å². The largest absolute Gasteiger partial charge is 0.456 e. The van der Waals surface area contributed by atoms with E-state index >= 15 is 0 Å². The monoisotopic (exact) mass is 893 g/mol. The van der Waals surface area contributed by atoms with Gasteiger partial charge in [0.25, 0.3) is 0 Å². The van der Waals surface area contributed by atoms with Gasteiger partial charge in [0.1, 0.15) is 22.3 Å². The van der Waals surface area contributed by atoms with Crippen molar-refractivity contribution in [1.82, 2.24) is 15.0 Å². The maximum atomic E-state index is 6.62. The molecule has 5 heteroatoms. The lowest BCUT2D eigenvalue weighted by molar-refractivity contribution is 0.669. The van der Waals surface area contributed by atoms with Crippen molar-refractivity contribution < 1.29 is 8.83 Å². The minimum atomic E-state index is 0.665. The summed E-state index contributed by atoms with van der Waals surface area (Å²) in [6.07, 6.45) is 0. The van der Waals surface area contributed by atoms with Gasteiger partial charge in [-0.2, -0.15) is 0 Å². The Bertz CT molecular complexity index is 4340. The second kappa shape index (κ2) is 16.1. The third-order valence-electron chi connectivity index (χ3n) is 13.7. The molecule has 0 fully saturated rings. The Morgan fingerprint density at radius 3 is 1.60 bits per heavy atom. The third-order valence-corrected chi connectivity index (χ3v) is 13.7. The van der Waals surface area contributed by atoms with Gasteiger partial charge in [0, 0.05) is 71.1 Å². The van der Waals surface area contributed by atoms with Crippen LogP contribution in [-0.4, -0.2) is 15.0 Å². The van der Waals surface area contributed by atoms with E-state index in [1.54, 1.807) is 0 Å². The zero-order valence-corrected chi connectivity index (χ0v) is 37.7. The van der Waals surface area contributed by atoms with Gasteiger partial charge >= 0.3 is 0 Å². The molecule has 326 valence electrons. The number of hydrogen-bond acceptors (Lipinski definition) is 5. The normalized spacial score (nSPS) is 11.7. The molecule has 14 aromatic rings. The van der Waals surface area contributed by atoms with Crippen LogP contribution in [0.15, 0.2) is 245 Å². The van der Waals surface area contributed by atoms with Gasteiger partial charge < -0.3 is 8.83 Å². The van der Waals surface area contributed by atoms with E-state index in [-0.39, 0.29) is 0 Å². The van der Waals surface area contributed by atoms with Crippen LogP contribution in [-0.2, 0) is 0 Å². The number of pyridine rings is 1. The molecular weight excluding hydrogens is 855 g/mol. The van der Waals surface area contributed by atoms with Gasteiger partial charge in [-0.05, 0) is 64.7 Å². The number of fused-ring (bicyclic) bond motifs is 9. The summed E-state index contributed by atoms with van der Waals surface area (Å²) in [6.45, 7) is 0. The molecule has 0 N–H and O–H groups in total. The lowest BCUT2D eigenvalue weighted by Gasteiger charge is -2.16. The Balaban J connectivity index is 0.872. The maximum absolute atomic E-state index is 6.62. The minimum Gasteiger partial charge on any atom is -0.456 e. The zero-order chi connectivity index (χ0) is 46.1. The molecular formula is C65H39N3O2. The molecule has 0 saturated carbocycles. The first-order chi connectivity index (χ1) is 34.7. The molecule has 5 nitrogen and oxygen atoms in total. The topological polar surface area (TPSA) is 65.0 Å². The van der Waals surface area contributed by atoms with Gasteiger partial charge in [0.2, 0.25) is 0 Å². The van der Waals surface area contributed by atoms with Crippen LogP contribution < -0.4 is 0 Å². The second-order valence-corrected chi connectivity index (χ2v) is 17.8. The number of para-hydroxylation sites is 4. The summed E-state index contributed by atoms with van der Waals surface area (Å²) in [5.74, 6) is 0.665. The Kier molecular flexibility index (Phi) is 9.14. The van der Waals surface area contributed by atoms with Gasteiger partial charge in [-0.15, -0.1) is 0 Å². The summed E-state index contributed by atoms with van der Waals surface area (Å²) >= 11 is 0. The SMILES string of the molecule is c1ccc(-c2nc(-c3cccc(-c4ccc(-c5nc6ccccc6c6c(-c7ccccc7)c7c(cc56)oc5ccccc57)cc4)c3)cc(-c3cccc(-c4cccc5c4oc4ccccc45)c3)n2)cc1. The summed E-state index contributed by atoms with van der Waals surface area (Å²) < 4.78 is 13.1. The molecule has 0 unspecified atom stereocenters. The average molecular weight is 894 g/mol. The van der Waals surface area contributed by atoms with E-state index in [4.69, 9.17) is 23.8 Å². The van der Waals surface area contributed by atoms with Crippen LogP contribution in [0.1, 0.15) is 0 Å². The summed E-state index contributed by atoms with van der Waals surface area (Å²) in [4.78, 5) is 15.8. The third kappa shape index (κ3) is 6.59. The molecule has 0 saturated heterocycles. The molecule has 0 aliphatic heterocycles. The van der Waals surface area contributed by atoms with Gasteiger partial charge in [-0.25, -0.2) is 15.0 Å². The van der Waals surface area contributed by atoms with Crippen LogP contribution in [0, 0.1) is 0 Å². The molecule has 0 amide bonds. The Labute approximate surface area is 402 Å². The van der Waals surface area contributed by atoms with Crippen molar-refractivity contribution in [1.29, 1.82) is 0 Å². The quantitative estimate of drug-likeness (QED) is 0.149. The highest BCUT2D eigenvalue weighted by Gasteiger charge is 2.22. The van der Waals surface area contributed by atoms with Crippen molar-refractivity contribution >= 4 is 65.6 Å². The molecule has 0 radical (unpaired) electrons. The van der Waals surface area contributed by atoms with Crippen molar-refractivity contribution in [3.05, 3.63) is 237 Å². The number of rotatable bonds is 7. The molecule has 0 spiro atoms. The molecule has 10 aromatic carbocycles. The minimum absolute atomic E-state index is 0.665. The molecule has 0 aliphatic carbocycles. The number of hydrogen-bond donors (Lipinski definition) is 0. The van der Waals surface area contributed by atoms with Gasteiger partial charge in [-0.3, -0.25) is 0 Å². The molecule has 14 rings (SSSR count). The van der Waals surface area contributed by atoms with Gasteiger partial charge in [-0.1, -0.05) is 194 Å². The predicted molar refractivity (Wildman–Crippen MR) is 287 cm³/mol. The number of aromatic nitrogens is 3. The van der Waals surface area contributed by atoms with E-state index < -0.39 is 0 Å². The molecule has 0 atom stereocenters. The highest BCUT2D eigenvalue weighted by atomic mass is 16.3. The van der Waals surface area contributed by atoms with Crippen LogP contribution in [0.2, 0.25) is 0 Å². The fourth-order valence-electron chi connectivity index (χ4n) is 10.4. The highest BCUT2D eigenvalue weighted by molar-refractivity contribution is 6.27. The van der Waals surface area contributed by atoms with Crippen LogP contribution in [0.5, 0.6) is 0 Å². The molecule has 4 aromatic heterocycles. The standard InChI is InChI=1S/C65H39N3O2/c1-3-16-41(17-4-1)60-61-51-25-7-10-29-54(51)66-63(53(61)38-59-62(60)52-26-9-12-31-58(52)69-59)42-34-32-40(33-35-42)44-20-13-22-46(36-44)55-39-56(68-65(67-55)43-18-5-2-6-19-43)47-23-14-21-45(37-47)48-27-15-28-50-49-24-8-11-30-57(49)70-64(48)50/h1-39H. The van der Waals surface area contributed by atoms with Crippen LogP contribution in [0.4, 0.5) is 0 Å². The number of benzene rings is 10. The van der Waals surface area contributed by atoms with E-state index in [0.717, 1.165) is 138 Å². The maximum Gasteiger partial charge on any atom is 0.160 e. The molecule has 70 heavy (non-hydrogen) atoms. The average Bonchev–Trinajstić information content (AvgIpc) is 4.01. The van der Waals surface area contributed by atoms with Crippen molar-refractivity contribution in [2.75, 3.05) is 0 Å². The molecule has 0 bridgehead atoms. The van der Waals surface area contributed by atoms with Gasteiger partial charge in [0.15, 0.2) is 5.82 Å². The molecule has 0 aliphatic rings. The van der Waals surface area contributed by atoms with Crippen molar-refractivity contribution in [3.63, 3.8) is 0 Å². The van der Waals surface area contributed by atoms with Crippen LogP contribution >= 0.6 is 0 Å². The predicted octanol–water partition coefficient (Wildman–Crippen LogP) is 17.6. The first-order valence-corrected chi connectivity index (χ1v) is 23.6. The van der Waals surface area contributed by atoms with Gasteiger partial charge in [0.05, 0.1) is 22.6 Å². The fraction of sp³-hybridized carbons (Fsp3) is 0. The van der Waals surface area contributed by atoms with E-state index in [1.807, 2.05) is 36.4 Å².